The average molecular weight is 314 g/mol. The Labute approximate surface area is 136 Å². The molecule has 4 heteroatoms. The highest BCUT2D eigenvalue weighted by molar-refractivity contribution is 6.02. The maximum absolute atomic E-state index is 12.5. The Morgan fingerprint density at radius 3 is 2.57 bits per heavy atom. The molecule has 2 N–H and O–H groups in total. The highest BCUT2D eigenvalue weighted by atomic mass is 16.3. The van der Waals surface area contributed by atoms with Crippen molar-refractivity contribution in [3.63, 3.8) is 0 Å². The maximum atomic E-state index is 12.5. The SMILES string of the molecule is CC1CC=CCCC=CC(=O)Cc2cc(O)cc(O)c2C(=O)C1. The molecule has 1 aromatic carbocycles. The molecule has 1 aliphatic rings. The number of fused-ring (bicyclic) bond motifs is 1. The lowest BCUT2D eigenvalue weighted by Gasteiger charge is -2.13. The van der Waals surface area contributed by atoms with Crippen LogP contribution in [-0.2, 0) is 11.2 Å². The van der Waals surface area contributed by atoms with E-state index in [1.54, 1.807) is 0 Å². The Hall–Kier alpha value is -2.36. The van der Waals surface area contributed by atoms with Crippen LogP contribution in [0.3, 0.4) is 0 Å². The first-order chi connectivity index (χ1) is 11.0. The molecular weight excluding hydrogens is 292 g/mol. The third kappa shape index (κ3) is 4.81. The smallest absolute Gasteiger partial charge is 0.167 e. The fraction of sp³-hybridized carbons (Fsp3) is 0.368. The lowest BCUT2D eigenvalue weighted by Crippen LogP contribution is -2.11. The molecule has 0 spiro atoms. The van der Waals surface area contributed by atoms with Crippen molar-refractivity contribution < 1.29 is 19.8 Å². The van der Waals surface area contributed by atoms with Crippen molar-refractivity contribution in [3.8, 4) is 11.5 Å². The third-order valence-electron chi connectivity index (χ3n) is 3.87. The number of ketones is 2. The Bertz CT molecular complexity index is 656. The van der Waals surface area contributed by atoms with Crippen molar-refractivity contribution in [2.24, 2.45) is 5.92 Å². The van der Waals surface area contributed by atoms with Crippen LogP contribution in [-0.4, -0.2) is 21.8 Å². The van der Waals surface area contributed by atoms with Crippen molar-refractivity contribution in [2.75, 3.05) is 0 Å². The molecule has 0 radical (unpaired) electrons. The van der Waals surface area contributed by atoms with Gasteiger partial charge in [-0.15, -0.1) is 0 Å². The van der Waals surface area contributed by atoms with E-state index in [1.165, 1.54) is 12.1 Å². The number of Topliss-reactive ketones (excluding diaryl/α,β-unsaturated/α-hetero) is 1. The molecule has 122 valence electrons. The van der Waals surface area contributed by atoms with E-state index in [9.17, 15) is 19.8 Å². The molecule has 1 aromatic rings. The van der Waals surface area contributed by atoms with Gasteiger partial charge in [-0.1, -0.05) is 25.2 Å². The van der Waals surface area contributed by atoms with Crippen LogP contribution in [0.25, 0.3) is 0 Å². The molecule has 1 atom stereocenters. The van der Waals surface area contributed by atoms with Gasteiger partial charge in [-0.05, 0) is 42.9 Å². The standard InChI is InChI=1S/C19H22O4/c1-13-7-5-3-2-4-6-8-15(20)10-14-11-16(21)12-18(23)19(14)17(22)9-13/h3,5-6,8,11-13,21,23H,2,4,7,9-10H2,1H3. The second kappa shape index (κ2) is 7.77. The fourth-order valence-electron chi connectivity index (χ4n) is 2.73. The number of hydrogen-bond acceptors (Lipinski definition) is 4. The van der Waals surface area contributed by atoms with Crippen molar-refractivity contribution in [3.05, 3.63) is 47.6 Å². The van der Waals surface area contributed by atoms with E-state index < -0.39 is 0 Å². The summed E-state index contributed by atoms with van der Waals surface area (Å²) in [7, 11) is 0. The van der Waals surface area contributed by atoms with Gasteiger partial charge >= 0.3 is 0 Å². The van der Waals surface area contributed by atoms with E-state index in [0.29, 0.717) is 12.0 Å². The summed E-state index contributed by atoms with van der Waals surface area (Å²) < 4.78 is 0. The molecular formula is C19H22O4. The topological polar surface area (TPSA) is 74.6 Å². The molecule has 0 aromatic heterocycles. The number of phenols is 2. The van der Waals surface area contributed by atoms with Crippen LogP contribution in [0.4, 0.5) is 0 Å². The molecule has 4 nitrogen and oxygen atoms in total. The van der Waals surface area contributed by atoms with Gasteiger partial charge in [-0.25, -0.2) is 0 Å². The molecule has 23 heavy (non-hydrogen) atoms. The van der Waals surface area contributed by atoms with E-state index >= 15 is 0 Å². The summed E-state index contributed by atoms with van der Waals surface area (Å²) in [5.74, 6) is -0.626. The lowest BCUT2D eigenvalue weighted by atomic mass is 9.91. The molecule has 1 aliphatic carbocycles. The van der Waals surface area contributed by atoms with E-state index in [4.69, 9.17) is 0 Å². The quantitative estimate of drug-likeness (QED) is 0.716. The van der Waals surface area contributed by atoms with Crippen LogP contribution in [0.2, 0.25) is 0 Å². The Morgan fingerprint density at radius 1 is 1.04 bits per heavy atom. The van der Waals surface area contributed by atoms with Gasteiger partial charge in [0.1, 0.15) is 11.5 Å². The van der Waals surface area contributed by atoms with Gasteiger partial charge < -0.3 is 10.2 Å². The number of benzene rings is 1. The second-order valence-electron chi connectivity index (χ2n) is 6.06. The minimum Gasteiger partial charge on any atom is -0.508 e. The van der Waals surface area contributed by atoms with Gasteiger partial charge in [0.15, 0.2) is 11.6 Å². The highest BCUT2D eigenvalue weighted by Gasteiger charge is 2.20. The molecule has 0 saturated heterocycles. The van der Waals surface area contributed by atoms with Crippen LogP contribution in [0, 0.1) is 5.92 Å². The van der Waals surface area contributed by atoms with Gasteiger partial charge in [0.05, 0.1) is 5.56 Å². The van der Waals surface area contributed by atoms with Crippen LogP contribution in [0.15, 0.2) is 36.4 Å². The predicted octanol–water partition coefficient (Wildman–Crippen LogP) is 3.71. The van der Waals surface area contributed by atoms with Crippen molar-refractivity contribution in [1.82, 2.24) is 0 Å². The average Bonchev–Trinajstić information content (AvgIpc) is 2.44. The molecule has 0 fully saturated rings. The summed E-state index contributed by atoms with van der Waals surface area (Å²) in [5, 5.41) is 19.7. The number of phenolic OH excluding ortho intramolecular Hbond substituents is 2. The lowest BCUT2D eigenvalue weighted by molar-refractivity contribution is -0.114. The van der Waals surface area contributed by atoms with Crippen LogP contribution in [0.1, 0.15) is 48.5 Å². The van der Waals surface area contributed by atoms with Gasteiger partial charge in [-0.2, -0.15) is 0 Å². The summed E-state index contributed by atoms with van der Waals surface area (Å²) >= 11 is 0. The Kier molecular flexibility index (Phi) is 5.74. The summed E-state index contributed by atoms with van der Waals surface area (Å²) in [6, 6.07) is 2.53. The predicted molar refractivity (Wildman–Crippen MR) is 88.7 cm³/mol. The maximum Gasteiger partial charge on any atom is 0.167 e. The molecule has 0 aliphatic heterocycles. The van der Waals surface area contributed by atoms with Crippen LogP contribution in [0.5, 0.6) is 11.5 Å². The fourth-order valence-corrected chi connectivity index (χ4v) is 2.73. The van der Waals surface area contributed by atoms with E-state index in [2.05, 4.69) is 12.2 Å². The Balaban J connectivity index is 2.40. The number of aromatic hydroxyl groups is 2. The number of carbonyl (C=O) groups excluding carboxylic acids is 2. The molecule has 0 bridgehead atoms. The van der Waals surface area contributed by atoms with Crippen molar-refractivity contribution in [2.45, 2.75) is 39.0 Å². The zero-order valence-corrected chi connectivity index (χ0v) is 13.3. The highest BCUT2D eigenvalue weighted by Crippen LogP contribution is 2.30. The molecule has 1 unspecified atom stereocenters. The number of allylic oxidation sites excluding steroid dienone is 4. The summed E-state index contributed by atoms with van der Waals surface area (Å²) in [4.78, 5) is 24.6. The van der Waals surface area contributed by atoms with Crippen LogP contribution >= 0.6 is 0 Å². The first-order valence-electron chi connectivity index (χ1n) is 7.89. The van der Waals surface area contributed by atoms with Gasteiger partial charge in [0, 0.05) is 18.9 Å². The molecule has 0 heterocycles. The first-order valence-corrected chi connectivity index (χ1v) is 7.89. The zero-order valence-electron chi connectivity index (χ0n) is 13.3. The minimum absolute atomic E-state index is 0.0102. The summed E-state index contributed by atoms with van der Waals surface area (Å²) in [6.07, 6.45) is 10.1. The molecule has 0 saturated carbocycles. The monoisotopic (exact) mass is 314 g/mol. The second-order valence-corrected chi connectivity index (χ2v) is 6.06. The largest absolute Gasteiger partial charge is 0.508 e. The molecule has 2 rings (SSSR count). The van der Waals surface area contributed by atoms with Gasteiger partial charge in [0.25, 0.3) is 0 Å². The van der Waals surface area contributed by atoms with Crippen molar-refractivity contribution >= 4 is 11.6 Å². The summed E-state index contributed by atoms with van der Waals surface area (Å²) in [6.45, 7) is 1.98. The number of rotatable bonds is 0. The summed E-state index contributed by atoms with van der Waals surface area (Å²) in [5.41, 5.74) is 0.527. The van der Waals surface area contributed by atoms with E-state index in [-0.39, 0.29) is 41.0 Å². The normalized spacial score (nSPS) is 20.1. The Morgan fingerprint density at radius 2 is 1.78 bits per heavy atom. The zero-order chi connectivity index (χ0) is 16.8. The van der Waals surface area contributed by atoms with E-state index in [1.807, 2.05) is 13.0 Å². The molecule has 0 amide bonds. The number of carbonyl (C=O) groups is 2. The van der Waals surface area contributed by atoms with E-state index in [0.717, 1.165) is 25.3 Å². The van der Waals surface area contributed by atoms with Gasteiger partial charge in [0.2, 0.25) is 0 Å². The van der Waals surface area contributed by atoms with Crippen molar-refractivity contribution in [1.29, 1.82) is 0 Å². The first kappa shape index (κ1) is 17.0. The third-order valence-corrected chi connectivity index (χ3v) is 3.87. The number of hydrogen-bond donors (Lipinski definition) is 2. The van der Waals surface area contributed by atoms with Crippen LogP contribution < -0.4 is 0 Å². The van der Waals surface area contributed by atoms with Gasteiger partial charge in [-0.3, -0.25) is 9.59 Å². The minimum atomic E-state index is -0.267.